The van der Waals surface area contributed by atoms with Gasteiger partial charge in [0.2, 0.25) is 0 Å². The molecule has 1 heterocycles. The third-order valence-electron chi connectivity index (χ3n) is 2.82. The Bertz CT molecular complexity index is 624. The average molecular weight is 307 g/mol. The number of rotatable bonds is 6. The summed E-state index contributed by atoms with van der Waals surface area (Å²) in [5.74, 6) is 1.07. The predicted octanol–water partition coefficient (Wildman–Crippen LogP) is 2.90. The van der Waals surface area contributed by atoms with Crippen LogP contribution in [0.25, 0.3) is 0 Å². The molecule has 0 unspecified atom stereocenters. The third kappa shape index (κ3) is 3.74. The Morgan fingerprint density at radius 2 is 2.19 bits per heavy atom. The molecule has 6 heteroatoms. The molecule has 0 saturated heterocycles. The molecule has 2 aromatic rings. The van der Waals surface area contributed by atoms with Crippen molar-refractivity contribution in [3.8, 4) is 11.5 Å². The van der Waals surface area contributed by atoms with Crippen LogP contribution < -0.4 is 14.8 Å². The van der Waals surface area contributed by atoms with E-state index in [1.165, 1.54) is 11.3 Å². The maximum atomic E-state index is 12.1. The van der Waals surface area contributed by atoms with Crippen molar-refractivity contribution in [3.63, 3.8) is 0 Å². The summed E-state index contributed by atoms with van der Waals surface area (Å²) in [4.78, 5) is 12.7. The van der Waals surface area contributed by atoms with Crippen LogP contribution >= 0.6 is 11.3 Å². The zero-order valence-corrected chi connectivity index (χ0v) is 12.7. The Kier molecular flexibility index (Phi) is 5.19. The van der Waals surface area contributed by atoms with Gasteiger partial charge in [0, 0.05) is 22.7 Å². The monoisotopic (exact) mass is 307 g/mol. The van der Waals surface area contributed by atoms with Crippen molar-refractivity contribution in [2.75, 3.05) is 19.0 Å². The van der Waals surface area contributed by atoms with Gasteiger partial charge in [-0.25, -0.2) is 0 Å². The van der Waals surface area contributed by atoms with Crippen LogP contribution in [-0.2, 0) is 6.61 Å². The highest BCUT2D eigenvalue weighted by atomic mass is 32.1. The van der Waals surface area contributed by atoms with Gasteiger partial charge in [-0.15, -0.1) is 11.3 Å². The van der Waals surface area contributed by atoms with Gasteiger partial charge >= 0.3 is 0 Å². The van der Waals surface area contributed by atoms with E-state index in [1.807, 2.05) is 6.92 Å². The van der Waals surface area contributed by atoms with E-state index in [4.69, 9.17) is 9.47 Å². The summed E-state index contributed by atoms with van der Waals surface area (Å²) < 4.78 is 10.5. The standard InChI is InChI=1S/C15H17NO4S/c1-3-20-13-5-4-11(6-10(13)8-17)16-15(18)14-7-12(19-2)9-21-14/h4-7,9,17H,3,8H2,1-2H3,(H,16,18). The van der Waals surface area contributed by atoms with Gasteiger partial charge < -0.3 is 19.9 Å². The first-order valence-electron chi connectivity index (χ1n) is 6.48. The third-order valence-corrected chi connectivity index (χ3v) is 3.73. The molecule has 112 valence electrons. The highest BCUT2D eigenvalue weighted by Crippen LogP contribution is 2.25. The number of nitrogens with one attached hydrogen (secondary N) is 1. The quantitative estimate of drug-likeness (QED) is 0.861. The number of carbonyl (C=O) groups excluding carboxylic acids is 1. The van der Waals surface area contributed by atoms with Crippen molar-refractivity contribution in [1.82, 2.24) is 0 Å². The van der Waals surface area contributed by atoms with Crippen molar-refractivity contribution >= 4 is 22.9 Å². The molecule has 1 amide bonds. The first-order valence-corrected chi connectivity index (χ1v) is 7.36. The summed E-state index contributed by atoms with van der Waals surface area (Å²) in [6.45, 7) is 2.25. The number of benzene rings is 1. The Morgan fingerprint density at radius 3 is 2.81 bits per heavy atom. The topological polar surface area (TPSA) is 67.8 Å². The number of hydrogen-bond donors (Lipinski definition) is 2. The van der Waals surface area contributed by atoms with Crippen LogP contribution in [0.5, 0.6) is 11.5 Å². The summed E-state index contributed by atoms with van der Waals surface area (Å²) in [7, 11) is 1.56. The van der Waals surface area contributed by atoms with Crippen LogP contribution in [-0.4, -0.2) is 24.7 Å². The number of carbonyl (C=O) groups is 1. The maximum absolute atomic E-state index is 12.1. The largest absolute Gasteiger partial charge is 0.496 e. The first kappa shape index (κ1) is 15.3. The minimum absolute atomic E-state index is 0.147. The molecule has 0 spiro atoms. The van der Waals surface area contributed by atoms with Crippen LogP contribution in [0.15, 0.2) is 29.6 Å². The van der Waals surface area contributed by atoms with E-state index in [1.54, 1.807) is 36.8 Å². The van der Waals surface area contributed by atoms with E-state index in [0.29, 0.717) is 34.2 Å². The summed E-state index contributed by atoms with van der Waals surface area (Å²) in [5.41, 5.74) is 1.25. The van der Waals surface area contributed by atoms with E-state index in [9.17, 15) is 9.90 Å². The number of aliphatic hydroxyl groups excluding tert-OH is 1. The second kappa shape index (κ2) is 7.10. The number of ether oxygens (including phenoxy) is 2. The van der Waals surface area contributed by atoms with Gasteiger partial charge in [-0.05, 0) is 25.1 Å². The van der Waals surface area contributed by atoms with Crippen LogP contribution in [0.4, 0.5) is 5.69 Å². The van der Waals surface area contributed by atoms with Crippen LogP contribution in [0, 0.1) is 0 Å². The normalized spacial score (nSPS) is 10.2. The van der Waals surface area contributed by atoms with Gasteiger partial charge in [-0.3, -0.25) is 4.79 Å². The molecule has 0 atom stereocenters. The van der Waals surface area contributed by atoms with Gasteiger partial charge in [0.25, 0.3) is 5.91 Å². The second-order valence-electron chi connectivity index (χ2n) is 4.22. The molecule has 1 aromatic carbocycles. The Labute approximate surface area is 127 Å². The van der Waals surface area contributed by atoms with Crippen molar-refractivity contribution < 1.29 is 19.4 Å². The lowest BCUT2D eigenvalue weighted by Crippen LogP contribution is -2.10. The number of hydrogen-bond acceptors (Lipinski definition) is 5. The Hall–Kier alpha value is -2.05. The molecule has 1 aromatic heterocycles. The molecule has 0 saturated carbocycles. The SMILES string of the molecule is CCOc1ccc(NC(=O)c2cc(OC)cs2)cc1CO. The molecule has 0 aliphatic heterocycles. The van der Waals surface area contributed by atoms with Crippen molar-refractivity contribution in [1.29, 1.82) is 0 Å². The molecule has 5 nitrogen and oxygen atoms in total. The highest BCUT2D eigenvalue weighted by molar-refractivity contribution is 7.12. The Morgan fingerprint density at radius 1 is 1.38 bits per heavy atom. The molecule has 2 rings (SSSR count). The lowest BCUT2D eigenvalue weighted by Gasteiger charge is -2.11. The maximum Gasteiger partial charge on any atom is 0.265 e. The average Bonchev–Trinajstić information content (AvgIpc) is 2.98. The zero-order chi connectivity index (χ0) is 15.2. The molecular weight excluding hydrogens is 290 g/mol. The zero-order valence-electron chi connectivity index (χ0n) is 11.9. The molecule has 21 heavy (non-hydrogen) atoms. The lowest BCUT2D eigenvalue weighted by molar-refractivity contribution is 0.103. The van der Waals surface area contributed by atoms with E-state index in [2.05, 4.69) is 5.32 Å². The minimum Gasteiger partial charge on any atom is -0.496 e. The Balaban J connectivity index is 2.13. The fourth-order valence-electron chi connectivity index (χ4n) is 1.81. The molecule has 0 aliphatic carbocycles. The van der Waals surface area contributed by atoms with E-state index >= 15 is 0 Å². The van der Waals surface area contributed by atoms with Crippen molar-refractivity contribution in [3.05, 3.63) is 40.1 Å². The number of aliphatic hydroxyl groups is 1. The molecule has 0 bridgehead atoms. The number of methoxy groups -OCH3 is 1. The van der Waals surface area contributed by atoms with E-state index in [-0.39, 0.29) is 12.5 Å². The van der Waals surface area contributed by atoms with Gasteiger partial charge in [0.1, 0.15) is 11.5 Å². The van der Waals surface area contributed by atoms with Gasteiger partial charge in [-0.1, -0.05) is 0 Å². The van der Waals surface area contributed by atoms with Crippen LogP contribution in [0.1, 0.15) is 22.2 Å². The van der Waals surface area contributed by atoms with Gasteiger partial charge in [0.05, 0.1) is 25.2 Å². The summed E-state index contributed by atoms with van der Waals surface area (Å²) in [6.07, 6.45) is 0. The summed E-state index contributed by atoms with van der Waals surface area (Å²) in [6, 6.07) is 6.86. The lowest BCUT2D eigenvalue weighted by atomic mass is 10.2. The van der Waals surface area contributed by atoms with E-state index < -0.39 is 0 Å². The van der Waals surface area contributed by atoms with Gasteiger partial charge in [-0.2, -0.15) is 0 Å². The molecule has 0 radical (unpaired) electrons. The number of amides is 1. The summed E-state index contributed by atoms with van der Waals surface area (Å²) in [5, 5.41) is 13.9. The predicted molar refractivity (Wildman–Crippen MR) is 82.4 cm³/mol. The molecule has 0 fully saturated rings. The number of anilines is 1. The van der Waals surface area contributed by atoms with Crippen molar-refractivity contribution in [2.45, 2.75) is 13.5 Å². The van der Waals surface area contributed by atoms with Crippen LogP contribution in [0.3, 0.4) is 0 Å². The van der Waals surface area contributed by atoms with Crippen LogP contribution in [0.2, 0.25) is 0 Å². The van der Waals surface area contributed by atoms with E-state index in [0.717, 1.165) is 0 Å². The first-order chi connectivity index (χ1) is 10.2. The second-order valence-corrected chi connectivity index (χ2v) is 5.13. The minimum atomic E-state index is -0.212. The van der Waals surface area contributed by atoms with Crippen molar-refractivity contribution in [2.24, 2.45) is 0 Å². The molecule has 0 aliphatic rings. The molecule has 2 N–H and O–H groups in total. The fourth-order valence-corrected chi connectivity index (χ4v) is 2.56. The fraction of sp³-hybridized carbons (Fsp3) is 0.267. The number of thiophene rings is 1. The van der Waals surface area contributed by atoms with Gasteiger partial charge in [0.15, 0.2) is 0 Å². The highest BCUT2D eigenvalue weighted by Gasteiger charge is 2.11. The summed E-state index contributed by atoms with van der Waals surface area (Å²) >= 11 is 1.31. The smallest absolute Gasteiger partial charge is 0.265 e. The molecular formula is C15H17NO4S.